The number of nitrogens with two attached hydrogens (primary N) is 1. The van der Waals surface area contributed by atoms with Gasteiger partial charge in [0.2, 0.25) is 5.88 Å². The van der Waals surface area contributed by atoms with Crippen molar-refractivity contribution in [2.75, 3.05) is 20.0 Å². The van der Waals surface area contributed by atoms with Gasteiger partial charge in [-0.15, -0.1) is 0 Å². The smallest absolute Gasteiger partial charge is 0.264 e. The van der Waals surface area contributed by atoms with Gasteiger partial charge < -0.3 is 19.7 Å². The number of hydrogen-bond acceptors (Lipinski definition) is 5. The molecule has 0 radical (unpaired) electrons. The van der Waals surface area contributed by atoms with Crippen LogP contribution in [0.4, 0.5) is 14.7 Å². The maximum Gasteiger partial charge on any atom is 0.264 e. The van der Waals surface area contributed by atoms with E-state index in [2.05, 4.69) is 5.16 Å². The summed E-state index contributed by atoms with van der Waals surface area (Å²) in [6.07, 6.45) is -1.30. The minimum Gasteiger partial charge on any atom is -0.493 e. The van der Waals surface area contributed by atoms with E-state index in [-0.39, 0.29) is 17.2 Å². The van der Waals surface area contributed by atoms with Crippen LogP contribution < -0.4 is 15.2 Å². The number of rotatable bonds is 4. The molecule has 19 heavy (non-hydrogen) atoms. The third-order valence-corrected chi connectivity index (χ3v) is 2.64. The molecule has 0 unspecified atom stereocenters. The molecule has 0 spiro atoms. The van der Waals surface area contributed by atoms with Crippen LogP contribution in [0, 0.1) is 0 Å². The highest BCUT2D eigenvalue weighted by Crippen LogP contribution is 2.42. The van der Waals surface area contributed by atoms with Crippen molar-refractivity contribution in [2.45, 2.75) is 6.43 Å². The molecular weight excluding hydrogens is 258 g/mol. The van der Waals surface area contributed by atoms with E-state index in [1.54, 1.807) is 0 Å². The standard InChI is InChI=1S/C12H12F2N2O3/c1-17-9-4-6(11(13)14)3-7(10(9)18-2)8-5-16-19-12(8)15/h3-5,11H,15H2,1-2H3. The molecule has 5 nitrogen and oxygen atoms in total. The first-order valence-corrected chi connectivity index (χ1v) is 5.33. The van der Waals surface area contributed by atoms with Crippen molar-refractivity contribution >= 4 is 5.88 Å². The summed E-state index contributed by atoms with van der Waals surface area (Å²) in [6.45, 7) is 0. The molecule has 1 aromatic heterocycles. The van der Waals surface area contributed by atoms with Crippen molar-refractivity contribution < 1.29 is 22.8 Å². The summed E-state index contributed by atoms with van der Waals surface area (Å²) in [5, 5.41) is 3.52. The predicted octanol–water partition coefficient (Wildman–Crippen LogP) is 2.88. The lowest BCUT2D eigenvalue weighted by Gasteiger charge is -2.14. The van der Waals surface area contributed by atoms with Gasteiger partial charge in [0.1, 0.15) is 0 Å². The highest BCUT2D eigenvalue weighted by Gasteiger charge is 2.21. The quantitative estimate of drug-likeness (QED) is 0.924. The van der Waals surface area contributed by atoms with Crippen molar-refractivity contribution in [1.82, 2.24) is 5.16 Å². The first kappa shape index (κ1) is 13.1. The fraction of sp³-hybridized carbons (Fsp3) is 0.250. The summed E-state index contributed by atoms with van der Waals surface area (Å²) >= 11 is 0. The number of benzene rings is 1. The molecule has 7 heteroatoms. The predicted molar refractivity (Wildman–Crippen MR) is 64.4 cm³/mol. The zero-order valence-electron chi connectivity index (χ0n) is 10.3. The molecule has 2 rings (SSSR count). The number of hydrogen-bond donors (Lipinski definition) is 1. The average Bonchev–Trinajstić information content (AvgIpc) is 2.82. The Morgan fingerprint density at radius 3 is 2.42 bits per heavy atom. The normalized spacial score (nSPS) is 10.8. The van der Waals surface area contributed by atoms with Gasteiger partial charge in [0, 0.05) is 11.1 Å². The molecule has 1 aromatic carbocycles. The fourth-order valence-electron chi connectivity index (χ4n) is 1.76. The van der Waals surface area contributed by atoms with Gasteiger partial charge in [-0.1, -0.05) is 5.16 Å². The molecule has 0 aliphatic rings. The first-order chi connectivity index (χ1) is 9.08. The van der Waals surface area contributed by atoms with Crippen molar-refractivity contribution in [2.24, 2.45) is 0 Å². The molecule has 0 saturated heterocycles. The van der Waals surface area contributed by atoms with Gasteiger partial charge in [0.05, 0.1) is 26.0 Å². The third kappa shape index (κ3) is 2.31. The first-order valence-electron chi connectivity index (χ1n) is 5.33. The van der Waals surface area contributed by atoms with Crippen molar-refractivity contribution in [3.05, 3.63) is 23.9 Å². The van der Waals surface area contributed by atoms with Gasteiger partial charge in [0.25, 0.3) is 6.43 Å². The van der Waals surface area contributed by atoms with E-state index in [0.717, 1.165) is 0 Å². The number of nitrogen functional groups attached to an aromatic ring is 1. The van der Waals surface area contributed by atoms with Crippen LogP contribution in [0.2, 0.25) is 0 Å². The number of alkyl halides is 2. The summed E-state index contributed by atoms with van der Waals surface area (Å²) in [5.41, 5.74) is 6.12. The topological polar surface area (TPSA) is 70.5 Å². The molecule has 2 N–H and O–H groups in total. The Labute approximate surface area is 107 Å². The van der Waals surface area contributed by atoms with Crippen LogP contribution in [0.15, 0.2) is 22.9 Å². The summed E-state index contributed by atoms with van der Waals surface area (Å²) in [6, 6.07) is 2.49. The lowest BCUT2D eigenvalue weighted by molar-refractivity contribution is 0.151. The fourth-order valence-corrected chi connectivity index (χ4v) is 1.76. The Morgan fingerprint density at radius 1 is 1.21 bits per heavy atom. The third-order valence-electron chi connectivity index (χ3n) is 2.64. The Hall–Kier alpha value is -2.31. The van der Waals surface area contributed by atoms with Gasteiger partial charge >= 0.3 is 0 Å². The highest BCUT2D eigenvalue weighted by atomic mass is 19.3. The van der Waals surface area contributed by atoms with Crippen LogP contribution >= 0.6 is 0 Å². The summed E-state index contributed by atoms with van der Waals surface area (Å²) < 4.78 is 40.7. The van der Waals surface area contributed by atoms with E-state index < -0.39 is 6.43 Å². The molecular formula is C12H12F2N2O3. The minimum absolute atomic E-state index is 0.0202. The highest BCUT2D eigenvalue weighted by molar-refractivity contribution is 5.80. The number of aromatic nitrogens is 1. The molecule has 0 aliphatic carbocycles. The summed E-state index contributed by atoms with van der Waals surface area (Å²) in [7, 11) is 2.78. The Balaban J connectivity index is 2.70. The minimum atomic E-state index is -2.64. The molecule has 0 aliphatic heterocycles. The van der Waals surface area contributed by atoms with Crippen LogP contribution in [0.3, 0.4) is 0 Å². The molecule has 0 bridgehead atoms. The maximum atomic E-state index is 12.9. The zero-order chi connectivity index (χ0) is 14.0. The molecule has 0 fully saturated rings. The van der Waals surface area contributed by atoms with Crippen molar-refractivity contribution in [3.8, 4) is 22.6 Å². The Morgan fingerprint density at radius 2 is 1.95 bits per heavy atom. The van der Waals surface area contributed by atoms with E-state index in [1.807, 2.05) is 0 Å². The molecule has 2 aromatic rings. The van der Waals surface area contributed by atoms with Crippen LogP contribution in [-0.2, 0) is 0 Å². The number of anilines is 1. The lowest BCUT2D eigenvalue weighted by atomic mass is 10.0. The summed E-state index contributed by atoms with van der Waals surface area (Å²) in [4.78, 5) is 0. The van der Waals surface area contributed by atoms with Crippen LogP contribution in [0.1, 0.15) is 12.0 Å². The van der Waals surface area contributed by atoms with Crippen LogP contribution in [-0.4, -0.2) is 19.4 Å². The average molecular weight is 270 g/mol. The largest absolute Gasteiger partial charge is 0.493 e. The van der Waals surface area contributed by atoms with Gasteiger partial charge in [-0.25, -0.2) is 8.78 Å². The molecule has 1 heterocycles. The maximum absolute atomic E-state index is 12.9. The molecule has 0 amide bonds. The Kier molecular flexibility index (Phi) is 3.55. The monoisotopic (exact) mass is 270 g/mol. The Bertz CT molecular complexity index is 584. The van der Waals surface area contributed by atoms with Crippen LogP contribution in [0.25, 0.3) is 11.1 Å². The molecule has 102 valence electrons. The zero-order valence-corrected chi connectivity index (χ0v) is 10.3. The summed E-state index contributed by atoms with van der Waals surface area (Å²) in [5.74, 6) is 0.504. The number of halogens is 2. The van der Waals surface area contributed by atoms with E-state index >= 15 is 0 Å². The SMILES string of the molecule is COc1cc(C(F)F)cc(-c2cnoc2N)c1OC. The van der Waals surface area contributed by atoms with Gasteiger partial charge in [-0.05, 0) is 12.1 Å². The van der Waals surface area contributed by atoms with Gasteiger partial charge in [-0.2, -0.15) is 0 Å². The van der Waals surface area contributed by atoms with E-state index in [0.29, 0.717) is 16.9 Å². The van der Waals surface area contributed by atoms with Crippen molar-refractivity contribution in [1.29, 1.82) is 0 Å². The second-order valence-corrected chi connectivity index (χ2v) is 3.71. The second-order valence-electron chi connectivity index (χ2n) is 3.71. The van der Waals surface area contributed by atoms with Gasteiger partial charge in [-0.3, -0.25) is 0 Å². The molecule has 0 saturated carbocycles. The second kappa shape index (κ2) is 5.13. The van der Waals surface area contributed by atoms with Crippen LogP contribution in [0.5, 0.6) is 11.5 Å². The van der Waals surface area contributed by atoms with Crippen molar-refractivity contribution in [3.63, 3.8) is 0 Å². The number of ether oxygens (including phenoxy) is 2. The van der Waals surface area contributed by atoms with E-state index in [9.17, 15) is 8.78 Å². The number of methoxy groups -OCH3 is 2. The van der Waals surface area contributed by atoms with E-state index in [4.69, 9.17) is 19.7 Å². The molecule has 0 atom stereocenters. The lowest BCUT2D eigenvalue weighted by Crippen LogP contribution is -1.97. The van der Waals surface area contributed by atoms with Gasteiger partial charge in [0.15, 0.2) is 11.5 Å². The number of nitrogens with zero attached hydrogens (tertiary/aromatic N) is 1. The van der Waals surface area contributed by atoms with E-state index in [1.165, 1.54) is 32.5 Å².